The minimum Gasteiger partial charge on any atom is -0.493 e. The van der Waals surface area contributed by atoms with Crippen molar-refractivity contribution in [2.75, 3.05) is 20.0 Å². The third-order valence-corrected chi connectivity index (χ3v) is 4.21. The van der Waals surface area contributed by atoms with E-state index in [1.807, 2.05) is 30.5 Å². The third-order valence-electron chi connectivity index (χ3n) is 4.21. The summed E-state index contributed by atoms with van der Waals surface area (Å²) in [4.78, 5) is 4.48. The van der Waals surface area contributed by atoms with Crippen molar-refractivity contribution in [2.24, 2.45) is 0 Å². The lowest BCUT2D eigenvalue weighted by Gasteiger charge is -2.26. The normalized spacial score (nSPS) is 14.6. The van der Waals surface area contributed by atoms with Crippen LogP contribution in [0.5, 0.6) is 11.5 Å². The van der Waals surface area contributed by atoms with Crippen LogP contribution < -0.4 is 15.2 Å². The smallest absolute Gasteiger partial charge is 0.161 e. The van der Waals surface area contributed by atoms with Crippen molar-refractivity contribution < 1.29 is 9.47 Å². The number of ether oxygens (including phenoxy) is 2. The van der Waals surface area contributed by atoms with Gasteiger partial charge in [0.15, 0.2) is 11.5 Å². The van der Waals surface area contributed by atoms with E-state index in [2.05, 4.69) is 4.98 Å². The molecule has 0 spiro atoms. The molecule has 1 fully saturated rings. The molecule has 0 amide bonds. The summed E-state index contributed by atoms with van der Waals surface area (Å²) in [7, 11) is 3.27. The second-order valence-corrected chi connectivity index (χ2v) is 5.36. The lowest BCUT2D eigenvalue weighted by molar-refractivity contribution is 0.355. The second-order valence-electron chi connectivity index (χ2n) is 5.36. The Morgan fingerprint density at radius 2 is 1.86 bits per heavy atom. The molecule has 2 aromatic rings. The van der Waals surface area contributed by atoms with Gasteiger partial charge in [-0.05, 0) is 36.6 Å². The lowest BCUT2D eigenvalue weighted by atomic mass is 9.81. The van der Waals surface area contributed by atoms with Crippen LogP contribution in [0.1, 0.15) is 30.9 Å². The van der Waals surface area contributed by atoms with E-state index in [0.717, 1.165) is 22.5 Å². The van der Waals surface area contributed by atoms with Crippen LogP contribution in [0.4, 0.5) is 5.69 Å². The summed E-state index contributed by atoms with van der Waals surface area (Å²) in [6.45, 7) is 0. The number of nitrogen functional groups attached to an aromatic ring is 1. The highest BCUT2D eigenvalue weighted by atomic mass is 16.5. The first-order valence-corrected chi connectivity index (χ1v) is 7.21. The fraction of sp³-hybridized carbons (Fsp3) is 0.353. The van der Waals surface area contributed by atoms with Crippen LogP contribution in [0.3, 0.4) is 0 Å². The molecule has 2 N–H and O–H groups in total. The van der Waals surface area contributed by atoms with Crippen molar-refractivity contribution in [3.05, 3.63) is 36.2 Å². The molecule has 0 radical (unpaired) electrons. The molecule has 3 rings (SSSR count). The van der Waals surface area contributed by atoms with Gasteiger partial charge in [-0.3, -0.25) is 4.98 Å². The second kappa shape index (κ2) is 5.64. The van der Waals surface area contributed by atoms with Gasteiger partial charge in [0.2, 0.25) is 0 Å². The first-order valence-electron chi connectivity index (χ1n) is 7.21. The molecule has 110 valence electrons. The number of hydrogen-bond acceptors (Lipinski definition) is 4. The minimum atomic E-state index is 0.519. The van der Waals surface area contributed by atoms with Crippen LogP contribution in [0.2, 0.25) is 0 Å². The molecule has 1 aliphatic rings. The number of pyridine rings is 1. The first-order chi connectivity index (χ1) is 10.2. The minimum absolute atomic E-state index is 0.519. The van der Waals surface area contributed by atoms with E-state index in [-0.39, 0.29) is 0 Å². The molecule has 0 saturated heterocycles. The van der Waals surface area contributed by atoms with Crippen molar-refractivity contribution in [1.29, 1.82) is 0 Å². The maximum atomic E-state index is 6.35. The number of hydrogen-bond donors (Lipinski definition) is 1. The molecule has 21 heavy (non-hydrogen) atoms. The summed E-state index contributed by atoms with van der Waals surface area (Å²) in [5.74, 6) is 1.94. The fourth-order valence-electron chi connectivity index (χ4n) is 2.75. The van der Waals surface area contributed by atoms with Crippen LogP contribution in [-0.2, 0) is 0 Å². The van der Waals surface area contributed by atoms with Crippen LogP contribution >= 0.6 is 0 Å². The maximum Gasteiger partial charge on any atom is 0.161 e. The largest absolute Gasteiger partial charge is 0.493 e. The molecular weight excluding hydrogens is 264 g/mol. The van der Waals surface area contributed by atoms with Crippen molar-refractivity contribution >= 4 is 5.69 Å². The van der Waals surface area contributed by atoms with Gasteiger partial charge in [-0.25, -0.2) is 0 Å². The lowest BCUT2D eigenvalue weighted by Crippen LogP contribution is -2.13. The number of rotatable bonds is 4. The van der Waals surface area contributed by atoms with E-state index in [4.69, 9.17) is 15.2 Å². The Balaban J connectivity index is 2.04. The van der Waals surface area contributed by atoms with Crippen molar-refractivity contribution in [2.45, 2.75) is 25.2 Å². The zero-order valence-corrected chi connectivity index (χ0v) is 12.4. The molecule has 1 heterocycles. The van der Waals surface area contributed by atoms with Gasteiger partial charge in [-0.2, -0.15) is 0 Å². The summed E-state index contributed by atoms with van der Waals surface area (Å²) in [6, 6.07) is 7.81. The molecule has 1 saturated carbocycles. The van der Waals surface area contributed by atoms with E-state index in [0.29, 0.717) is 17.4 Å². The van der Waals surface area contributed by atoms with Gasteiger partial charge in [0, 0.05) is 17.7 Å². The quantitative estimate of drug-likeness (QED) is 0.931. The van der Waals surface area contributed by atoms with Crippen molar-refractivity contribution in [3.63, 3.8) is 0 Å². The number of nitrogens with zero attached hydrogens (tertiary/aromatic N) is 1. The van der Waals surface area contributed by atoms with Crippen molar-refractivity contribution in [1.82, 2.24) is 4.98 Å². The highest BCUT2D eigenvalue weighted by Crippen LogP contribution is 2.41. The summed E-state index contributed by atoms with van der Waals surface area (Å²) in [5, 5.41) is 0. The Hall–Kier alpha value is -2.23. The Bertz CT molecular complexity index is 651. The molecule has 0 atom stereocenters. The van der Waals surface area contributed by atoms with Gasteiger partial charge < -0.3 is 15.2 Å². The summed E-state index contributed by atoms with van der Waals surface area (Å²) in [6.07, 6.45) is 5.49. The standard InChI is InChI=1S/C17H20N2O2/c1-20-14-7-6-12(10-15(14)21-2)13-8-9-19-17(16(13)18)11-4-3-5-11/h6-11H,3-5,18H2,1-2H3. The topological polar surface area (TPSA) is 57.4 Å². The third kappa shape index (κ3) is 2.42. The zero-order chi connectivity index (χ0) is 14.8. The summed E-state index contributed by atoms with van der Waals surface area (Å²) >= 11 is 0. The summed E-state index contributed by atoms with van der Waals surface area (Å²) < 4.78 is 10.6. The summed E-state index contributed by atoms with van der Waals surface area (Å²) in [5.41, 5.74) is 10.2. The van der Waals surface area contributed by atoms with Gasteiger partial charge in [0.1, 0.15) is 0 Å². The number of methoxy groups -OCH3 is 2. The van der Waals surface area contributed by atoms with Crippen LogP contribution in [0.25, 0.3) is 11.1 Å². The van der Waals surface area contributed by atoms with E-state index in [1.54, 1.807) is 14.2 Å². The first kappa shape index (κ1) is 13.7. The molecule has 0 aliphatic heterocycles. The highest BCUT2D eigenvalue weighted by molar-refractivity contribution is 5.79. The van der Waals surface area contributed by atoms with E-state index in [9.17, 15) is 0 Å². The van der Waals surface area contributed by atoms with E-state index in [1.165, 1.54) is 19.3 Å². The zero-order valence-electron chi connectivity index (χ0n) is 12.4. The van der Waals surface area contributed by atoms with Crippen LogP contribution in [0, 0.1) is 0 Å². The Morgan fingerprint density at radius 3 is 2.48 bits per heavy atom. The van der Waals surface area contributed by atoms with Crippen molar-refractivity contribution in [3.8, 4) is 22.6 Å². The number of aromatic nitrogens is 1. The Kier molecular flexibility index (Phi) is 3.69. The number of anilines is 1. The number of nitrogens with two attached hydrogens (primary N) is 1. The van der Waals surface area contributed by atoms with Gasteiger partial charge in [-0.1, -0.05) is 12.5 Å². The molecule has 1 aromatic heterocycles. The highest BCUT2D eigenvalue weighted by Gasteiger charge is 2.24. The SMILES string of the molecule is COc1ccc(-c2ccnc(C3CCC3)c2N)cc1OC. The average molecular weight is 284 g/mol. The predicted molar refractivity (Wildman–Crippen MR) is 83.8 cm³/mol. The molecule has 4 nitrogen and oxygen atoms in total. The van der Waals surface area contributed by atoms with Crippen LogP contribution in [-0.4, -0.2) is 19.2 Å². The molecule has 1 aromatic carbocycles. The van der Waals surface area contributed by atoms with Gasteiger partial charge >= 0.3 is 0 Å². The fourth-order valence-corrected chi connectivity index (χ4v) is 2.75. The van der Waals surface area contributed by atoms with Gasteiger partial charge in [-0.15, -0.1) is 0 Å². The number of benzene rings is 1. The molecule has 1 aliphatic carbocycles. The Labute approximate surface area is 124 Å². The average Bonchev–Trinajstić information content (AvgIpc) is 2.47. The maximum absolute atomic E-state index is 6.35. The molecule has 0 bridgehead atoms. The predicted octanol–water partition coefficient (Wildman–Crippen LogP) is 3.62. The van der Waals surface area contributed by atoms with Gasteiger partial charge in [0.25, 0.3) is 0 Å². The Morgan fingerprint density at radius 1 is 1.10 bits per heavy atom. The van der Waals surface area contributed by atoms with E-state index < -0.39 is 0 Å². The monoisotopic (exact) mass is 284 g/mol. The van der Waals surface area contributed by atoms with Gasteiger partial charge in [0.05, 0.1) is 25.6 Å². The molecular formula is C17H20N2O2. The van der Waals surface area contributed by atoms with Crippen LogP contribution in [0.15, 0.2) is 30.5 Å². The molecule has 0 unspecified atom stereocenters. The van der Waals surface area contributed by atoms with E-state index >= 15 is 0 Å². The molecule has 4 heteroatoms.